The lowest BCUT2D eigenvalue weighted by molar-refractivity contribution is 0.0888. The van der Waals surface area contributed by atoms with Gasteiger partial charge in [0.1, 0.15) is 0 Å². The SMILES string of the molecule is CC(C)[C@@H](C)CC(C)(C(C)C)C(C)C. The molecule has 0 N–H and O–H groups in total. The average molecular weight is 198 g/mol. The van der Waals surface area contributed by atoms with Gasteiger partial charge in [-0.25, -0.2) is 0 Å². The zero-order valence-electron chi connectivity index (χ0n) is 11.5. The lowest BCUT2D eigenvalue weighted by Crippen LogP contribution is -2.32. The molecule has 0 nitrogen and oxygen atoms in total. The van der Waals surface area contributed by atoms with Crippen LogP contribution in [0.1, 0.15) is 61.8 Å². The maximum Gasteiger partial charge on any atom is -0.0277 e. The van der Waals surface area contributed by atoms with Crippen molar-refractivity contribution < 1.29 is 0 Å². The molecule has 0 aromatic rings. The molecule has 14 heavy (non-hydrogen) atoms. The van der Waals surface area contributed by atoms with Crippen LogP contribution in [0.5, 0.6) is 0 Å². The molecule has 0 fully saturated rings. The monoisotopic (exact) mass is 198 g/mol. The highest BCUT2D eigenvalue weighted by Gasteiger charge is 2.33. The minimum Gasteiger partial charge on any atom is -0.0625 e. The van der Waals surface area contributed by atoms with E-state index in [9.17, 15) is 0 Å². The van der Waals surface area contributed by atoms with Crippen molar-refractivity contribution >= 4 is 0 Å². The van der Waals surface area contributed by atoms with Crippen LogP contribution in [0.15, 0.2) is 0 Å². The van der Waals surface area contributed by atoms with Gasteiger partial charge in [-0.3, -0.25) is 0 Å². The van der Waals surface area contributed by atoms with Gasteiger partial charge in [-0.2, -0.15) is 0 Å². The second kappa shape index (κ2) is 5.19. The van der Waals surface area contributed by atoms with Crippen molar-refractivity contribution in [3.63, 3.8) is 0 Å². The van der Waals surface area contributed by atoms with Gasteiger partial charge in [0.15, 0.2) is 0 Å². The van der Waals surface area contributed by atoms with E-state index in [1.54, 1.807) is 0 Å². The maximum absolute atomic E-state index is 2.46. The standard InChI is InChI=1S/C14H30/c1-10(2)13(7)9-14(8,11(3)4)12(5)6/h10-13H,9H2,1-8H3/t13-/m0/s1. The molecule has 0 amide bonds. The van der Waals surface area contributed by atoms with Crippen molar-refractivity contribution in [2.75, 3.05) is 0 Å². The van der Waals surface area contributed by atoms with Gasteiger partial charge in [0.2, 0.25) is 0 Å². The van der Waals surface area contributed by atoms with Crippen LogP contribution in [-0.2, 0) is 0 Å². The summed E-state index contributed by atoms with van der Waals surface area (Å²) in [4.78, 5) is 0. The Morgan fingerprint density at radius 1 is 0.786 bits per heavy atom. The molecule has 0 saturated carbocycles. The Hall–Kier alpha value is 0. The minimum atomic E-state index is 0.504. The molecule has 1 atom stereocenters. The summed E-state index contributed by atoms with van der Waals surface area (Å²) in [6.45, 7) is 19.0. The first kappa shape index (κ1) is 14.0. The topological polar surface area (TPSA) is 0 Å². The fraction of sp³-hybridized carbons (Fsp3) is 1.00. The molecule has 86 valence electrons. The highest BCUT2D eigenvalue weighted by molar-refractivity contribution is 4.83. The summed E-state index contributed by atoms with van der Waals surface area (Å²) in [5.74, 6) is 3.21. The molecule has 0 radical (unpaired) electrons. The van der Waals surface area contributed by atoms with E-state index in [0.29, 0.717) is 5.41 Å². The van der Waals surface area contributed by atoms with Crippen LogP contribution in [0, 0.1) is 29.1 Å². The van der Waals surface area contributed by atoms with Gasteiger partial charge in [-0.05, 0) is 35.5 Å². The molecule has 0 heteroatoms. The molecule has 0 saturated heterocycles. The van der Waals surface area contributed by atoms with Crippen LogP contribution in [0.4, 0.5) is 0 Å². The minimum absolute atomic E-state index is 0.504. The first-order chi connectivity index (χ1) is 6.21. The van der Waals surface area contributed by atoms with E-state index in [1.165, 1.54) is 6.42 Å². The van der Waals surface area contributed by atoms with E-state index in [-0.39, 0.29) is 0 Å². The Labute approximate surface area is 91.5 Å². The maximum atomic E-state index is 2.46. The smallest absolute Gasteiger partial charge is 0.0277 e. The van der Waals surface area contributed by atoms with Crippen LogP contribution in [0.3, 0.4) is 0 Å². The quantitative estimate of drug-likeness (QED) is 0.584. The zero-order valence-corrected chi connectivity index (χ0v) is 11.5. The number of rotatable bonds is 5. The van der Waals surface area contributed by atoms with E-state index >= 15 is 0 Å². The third kappa shape index (κ3) is 3.29. The summed E-state index contributed by atoms with van der Waals surface area (Å²) in [6.07, 6.45) is 1.36. The lowest BCUT2D eigenvalue weighted by atomic mass is 9.65. The van der Waals surface area contributed by atoms with Crippen molar-refractivity contribution in [1.29, 1.82) is 0 Å². The predicted molar refractivity (Wildman–Crippen MR) is 66.4 cm³/mol. The molecule has 0 aliphatic heterocycles. The fourth-order valence-corrected chi connectivity index (χ4v) is 2.07. The molecular weight excluding hydrogens is 168 g/mol. The average Bonchev–Trinajstić information content (AvgIpc) is 2.02. The van der Waals surface area contributed by atoms with Crippen molar-refractivity contribution in [3.8, 4) is 0 Å². The largest absolute Gasteiger partial charge is 0.0625 e. The summed E-state index contributed by atoms with van der Waals surface area (Å²) in [5.41, 5.74) is 0.504. The van der Waals surface area contributed by atoms with Gasteiger partial charge in [0.05, 0.1) is 0 Å². The highest BCUT2D eigenvalue weighted by Crippen LogP contribution is 2.42. The summed E-state index contributed by atoms with van der Waals surface area (Å²) < 4.78 is 0. The van der Waals surface area contributed by atoms with Crippen LogP contribution < -0.4 is 0 Å². The number of hydrogen-bond donors (Lipinski definition) is 0. The van der Waals surface area contributed by atoms with Gasteiger partial charge < -0.3 is 0 Å². The molecule has 0 aliphatic carbocycles. The molecule has 0 aliphatic rings. The van der Waals surface area contributed by atoms with Crippen molar-refractivity contribution in [2.24, 2.45) is 29.1 Å². The van der Waals surface area contributed by atoms with Crippen LogP contribution in [-0.4, -0.2) is 0 Å². The van der Waals surface area contributed by atoms with Gasteiger partial charge in [0, 0.05) is 0 Å². The molecule has 0 spiro atoms. The Balaban J connectivity index is 4.53. The molecular formula is C14H30. The summed E-state index contributed by atoms with van der Waals surface area (Å²) in [6, 6.07) is 0. The Morgan fingerprint density at radius 3 is 1.36 bits per heavy atom. The van der Waals surface area contributed by atoms with Gasteiger partial charge in [-0.15, -0.1) is 0 Å². The van der Waals surface area contributed by atoms with E-state index in [1.807, 2.05) is 0 Å². The van der Waals surface area contributed by atoms with Crippen molar-refractivity contribution in [2.45, 2.75) is 61.8 Å². The molecule has 0 aromatic heterocycles. The van der Waals surface area contributed by atoms with Crippen LogP contribution >= 0.6 is 0 Å². The summed E-state index contributed by atoms with van der Waals surface area (Å²) in [7, 11) is 0. The first-order valence-corrected chi connectivity index (χ1v) is 6.21. The van der Waals surface area contributed by atoms with Crippen LogP contribution in [0.25, 0.3) is 0 Å². The van der Waals surface area contributed by atoms with E-state index in [0.717, 1.165) is 23.7 Å². The van der Waals surface area contributed by atoms with Gasteiger partial charge >= 0.3 is 0 Å². The third-order valence-corrected chi connectivity index (χ3v) is 4.54. The fourth-order valence-electron chi connectivity index (χ4n) is 2.07. The van der Waals surface area contributed by atoms with E-state index in [4.69, 9.17) is 0 Å². The van der Waals surface area contributed by atoms with Crippen molar-refractivity contribution in [3.05, 3.63) is 0 Å². The Bertz CT molecular complexity index is 145. The highest BCUT2D eigenvalue weighted by atomic mass is 14.4. The lowest BCUT2D eigenvalue weighted by Gasteiger charge is -2.41. The number of hydrogen-bond acceptors (Lipinski definition) is 0. The summed E-state index contributed by atoms with van der Waals surface area (Å²) >= 11 is 0. The van der Waals surface area contributed by atoms with Crippen LogP contribution in [0.2, 0.25) is 0 Å². The zero-order chi connectivity index (χ0) is 11.5. The predicted octanol–water partition coefficient (Wildman–Crippen LogP) is 4.99. The second-order valence-electron chi connectivity index (χ2n) is 6.24. The van der Waals surface area contributed by atoms with Crippen molar-refractivity contribution in [1.82, 2.24) is 0 Å². The molecule has 0 aromatic carbocycles. The van der Waals surface area contributed by atoms with Gasteiger partial charge in [-0.1, -0.05) is 55.4 Å². The van der Waals surface area contributed by atoms with E-state index in [2.05, 4.69) is 55.4 Å². The molecule has 0 heterocycles. The molecule has 0 unspecified atom stereocenters. The first-order valence-electron chi connectivity index (χ1n) is 6.21. The Kier molecular flexibility index (Phi) is 5.19. The third-order valence-electron chi connectivity index (χ3n) is 4.54. The van der Waals surface area contributed by atoms with E-state index < -0.39 is 0 Å². The second-order valence-corrected chi connectivity index (χ2v) is 6.24. The summed E-state index contributed by atoms with van der Waals surface area (Å²) in [5, 5.41) is 0. The van der Waals surface area contributed by atoms with Gasteiger partial charge in [0.25, 0.3) is 0 Å². The normalized spacial score (nSPS) is 15.6. The molecule has 0 bridgehead atoms. The molecule has 0 rings (SSSR count). The Morgan fingerprint density at radius 2 is 1.14 bits per heavy atom.